The SMILES string of the molecule is C[C@H]1CCCCN1c1cc(Cl)nc(NC(=S)NCC2(c3ccc(F)cc3)CCCCC2)n1. The van der Waals surface area contributed by atoms with Gasteiger partial charge in [0.2, 0.25) is 5.95 Å². The van der Waals surface area contributed by atoms with E-state index in [1.165, 1.54) is 12.8 Å². The fourth-order valence-electron chi connectivity index (χ4n) is 5.04. The molecule has 1 saturated carbocycles. The minimum absolute atomic E-state index is 0.0543. The smallest absolute Gasteiger partial charge is 0.232 e. The molecule has 32 heavy (non-hydrogen) atoms. The first-order valence-electron chi connectivity index (χ1n) is 11.6. The van der Waals surface area contributed by atoms with Crippen LogP contribution in [0.25, 0.3) is 0 Å². The third-order valence-corrected chi connectivity index (χ3v) is 7.30. The maximum Gasteiger partial charge on any atom is 0.232 e. The summed E-state index contributed by atoms with van der Waals surface area (Å²) in [5.41, 5.74) is 1.11. The third kappa shape index (κ3) is 5.49. The highest BCUT2D eigenvalue weighted by molar-refractivity contribution is 7.80. The molecule has 1 aromatic heterocycles. The van der Waals surface area contributed by atoms with Crippen LogP contribution < -0.4 is 15.5 Å². The molecule has 1 aliphatic carbocycles. The van der Waals surface area contributed by atoms with Crippen molar-refractivity contribution >= 4 is 40.7 Å². The molecule has 1 saturated heterocycles. The lowest BCUT2D eigenvalue weighted by atomic mass is 9.69. The molecule has 0 unspecified atom stereocenters. The Morgan fingerprint density at radius 2 is 1.91 bits per heavy atom. The number of thiocarbonyl (C=S) groups is 1. The predicted octanol–water partition coefficient (Wildman–Crippen LogP) is 5.84. The molecule has 2 aromatic rings. The molecule has 2 N–H and O–H groups in total. The largest absolute Gasteiger partial charge is 0.361 e. The number of aromatic nitrogens is 2. The number of rotatable bonds is 5. The van der Waals surface area contributed by atoms with Crippen molar-refractivity contribution in [1.29, 1.82) is 0 Å². The van der Waals surface area contributed by atoms with Crippen LogP contribution in [0.5, 0.6) is 0 Å². The molecule has 1 atom stereocenters. The van der Waals surface area contributed by atoms with Crippen molar-refractivity contribution in [3.63, 3.8) is 0 Å². The van der Waals surface area contributed by atoms with Gasteiger partial charge in [0.05, 0.1) is 0 Å². The Morgan fingerprint density at radius 3 is 2.62 bits per heavy atom. The number of piperidine rings is 1. The van der Waals surface area contributed by atoms with Crippen molar-refractivity contribution in [2.45, 2.75) is 69.7 Å². The van der Waals surface area contributed by atoms with Crippen LogP contribution in [0.1, 0.15) is 63.9 Å². The molecule has 5 nitrogen and oxygen atoms in total. The van der Waals surface area contributed by atoms with E-state index >= 15 is 0 Å². The van der Waals surface area contributed by atoms with Crippen LogP contribution in [0.15, 0.2) is 30.3 Å². The average Bonchev–Trinajstić information content (AvgIpc) is 2.79. The van der Waals surface area contributed by atoms with E-state index in [9.17, 15) is 4.39 Å². The van der Waals surface area contributed by atoms with Gasteiger partial charge >= 0.3 is 0 Å². The van der Waals surface area contributed by atoms with Gasteiger partial charge in [0.25, 0.3) is 0 Å². The van der Waals surface area contributed by atoms with E-state index in [2.05, 4.69) is 32.4 Å². The van der Waals surface area contributed by atoms with Gasteiger partial charge in [-0.2, -0.15) is 4.98 Å². The van der Waals surface area contributed by atoms with E-state index in [1.54, 1.807) is 12.1 Å². The number of hydrogen-bond donors (Lipinski definition) is 2. The Hall–Kier alpha value is -1.99. The number of halogens is 2. The van der Waals surface area contributed by atoms with Crippen molar-refractivity contribution in [3.05, 3.63) is 46.9 Å². The van der Waals surface area contributed by atoms with Crippen LogP contribution in [0.4, 0.5) is 16.2 Å². The van der Waals surface area contributed by atoms with Gasteiger partial charge in [-0.05, 0) is 68.9 Å². The first-order chi connectivity index (χ1) is 15.4. The normalized spacial score (nSPS) is 20.6. The van der Waals surface area contributed by atoms with E-state index in [-0.39, 0.29) is 11.2 Å². The van der Waals surface area contributed by atoms with Gasteiger partial charge in [-0.15, -0.1) is 0 Å². The summed E-state index contributed by atoms with van der Waals surface area (Å²) in [6, 6.07) is 9.15. The van der Waals surface area contributed by atoms with Gasteiger partial charge in [0.1, 0.15) is 16.8 Å². The molecule has 2 aliphatic rings. The van der Waals surface area contributed by atoms with Gasteiger partial charge in [0.15, 0.2) is 5.11 Å². The lowest BCUT2D eigenvalue weighted by Gasteiger charge is -2.38. The maximum atomic E-state index is 13.5. The highest BCUT2D eigenvalue weighted by atomic mass is 35.5. The Morgan fingerprint density at radius 1 is 1.16 bits per heavy atom. The Balaban J connectivity index is 1.44. The summed E-state index contributed by atoms with van der Waals surface area (Å²) in [6.07, 6.45) is 9.21. The fraction of sp³-hybridized carbons (Fsp3) is 0.542. The Labute approximate surface area is 200 Å². The van der Waals surface area contributed by atoms with Crippen molar-refractivity contribution in [2.24, 2.45) is 0 Å². The monoisotopic (exact) mass is 475 g/mol. The quantitative estimate of drug-likeness (QED) is 0.418. The van der Waals surface area contributed by atoms with Crippen LogP contribution >= 0.6 is 23.8 Å². The predicted molar refractivity (Wildman–Crippen MR) is 133 cm³/mol. The van der Waals surface area contributed by atoms with E-state index in [0.29, 0.717) is 28.8 Å². The van der Waals surface area contributed by atoms with Gasteiger partial charge in [-0.1, -0.05) is 43.0 Å². The number of nitrogens with one attached hydrogen (secondary N) is 2. The number of nitrogens with zero attached hydrogens (tertiary/aromatic N) is 3. The molecular weight excluding hydrogens is 445 g/mol. The second-order valence-corrected chi connectivity index (χ2v) is 9.86. The first-order valence-corrected chi connectivity index (χ1v) is 12.4. The molecule has 172 valence electrons. The van der Waals surface area contributed by atoms with Crippen molar-refractivity contribution in [2.75, 3.05) is 23.3 Å². The van der Waals surface area contributed by atoms with Crippen LogP contribution in [0.3, 0.4) is 0 Å². The number of hydrogen-bond acceptors (Lipinski definition) is 4. The highest BCUT2D eigenvalue weighted by Crippen LogP contribution is 2.39. The summed E-state index contributed by atoms with van der Waals surface area (Å²) in [7, 11) is 0. The fourth-order valence-corrected chi connectivity index (χ4v) is 5.38. The summed E-state index contributed by atoms with van der Waals surface area (Å²) in [4.78, 5) is 11.3. The van der Waals surface area contributed by atoms with E-state index in [1.807, 2.05) is 18.2 Å². The minimum Gasteiger partial charge on any atom is -0.361 e. The molecule has 2 fully saturated rings. The zero-order valence-electron chi connectivity index (χ0n) is 18.5. The third-order valence-electron chi connectivity index (χ3n) is 6.86. The Bertz CT molecular complexity index is 932. The topological polar surface area (TPSA) is 53.1 Å². The summed E-state index contributed by atoms with van der Waals surface area (Å²) >= 11 is 11.9. The zero-order chi connectivity index (χ0) is 22.6. The van der Waals surface area contributed by atoms with Crippen LogP contribution in [-0.4, -0.2) is 34.2 Å². The second-order valence-electron chi connectivity index (χ2n) is 9.07. The summed E-state index contributed by atoms with van der Waals surface area (Å²) in [6.45, 7) is 3.87. The number of benzene rings is 1. The van der Waals surface area contributed by atoms with Crippen molar-refractivity contribution < 1.29 is 4.39 Å². The molecule has 1 aliphatic heterocycles. The maximum absolute atomic E-state index is 13.5. The molecule has 0 spiro atoms. The van der Waals surface area contributed by atoms with Gasteiger partial charge in [-0.25, -0.2) is 9.37 Å². The second kappa shape index (κ2) is 10.3. The summed E-state index contributed by atoms with van der Waals surface area (Å²) in [5, 5.41) is 7.36. The van der Waals surface area contributed by atoms with Crippen LogP contribution in [0.2, 0.25) is 5.15 Å². The molecule has 4 rings (SSSR count). The zero-order valence-corrected chi connectivity index (χ0v) is 20.1. The minimum atomic E-state index is -0.207. The van der Waals surface area contributed by atoms with Gasteiger partial charge < -0.3 is 15.5 Å². The van der Waals surface area contributed by atoms with Crippen molar-refractivity contribution in [3.8, 4) is 0 Å². The molecule has 8 heteroatoms. The van der Waals surface area contributed by atoms with E-state index in [0.717, 1.165) is 56.5 Å². The molecule has 2 heterocycles. The lowest BCUT2D eigenvalue weighted by molar-refractivity contribution is 0.292. The lowest BCUT2D eigenvalue weighted by Crippen LogP contribution is -2.43. The van der Waals surface area contributed by atoms with E-state index < -0.39 is 0 Å². The molecule has 0 amide bonds. The van der Waals surface area contributed by atoms with Crippen LogP contribution in [0, 0.1) is 5.82 Å². The van der Waals surface area contributed by atoms with Gasteiger partial charge in [0, 0.05) is 30.6 Å². The summed E-state index contributed by atoms with van der Waals surface area (Å²) in [5.74, 6) is 1.03. The van der Waals surface area contributed by atoms with Gasteiger partial charge in [-0.3, -0.25) is 0 Å². The summed E-state index contributed by atoms with van der Waals surface area (Å²) < 4.78 is 13.5. The standard InChI is InChI=1S/C24H31ClFN5S/c1-17-7-3-6-14-31(17)21-15-20(25)28-22(29-21)30-23(32)27-16-24(12-4-2-5-13-24)18-8-10-19(26)11-9-18/h8-11,15,17H,2-7,12-14,16H2,1H3,(H2,27,28,29,30,32)/t17-/m0/s1. The van der Waals surface area contributed by atoms with Crippen LogP contribution in [-0.2, 0) is 5.41 Å². The number of anilines is 2. The van der Waals surface area contributed by atoms with Crippen molar-refractivity contribution in [1.82, 2.24) is 15.3 Å². The highest BCUT2D eigenvalue weighted by Gasteiger charge is 2.34. The molecular formula is C24H31ClFN5S. The molecule has 1 aromatic carbocycles. The Kier molecular flexibility index (Phi) is 7.46. The average molecular weight is 476 g/mol. The first kappa shape index (κ1) is 23.2. The molecule has 0 bridgehead atoms. The molecule has 0 radical (unpaired) electrons. The van der Waals surface area contributed by atoms with E-state index in [4.69, 9.17) is 23.8 Å².